The average Bonchev–Trinajstić information content (AvgIpc) is 3.52. The molecule has 244 valence electrons. The van der Waals surface area contributed by atoms with E-state index in [4.69, 9.17) is 4.74 Å². The quantitative estimate of drug-likeness (QED) is 0.294. The number of nitriles is 1. The van der Waals surface area contributed by atoms with E-state index in [0.29, 0.717) is 11.4 Å². The van der Waals surface area contributed by atoms with E-state index in [1.807, 2.05) is 12.1 Å². The topological polar surface area (TPSA) is 124 Å². The molecule has 0 unspecified atom stereocenters. The Bertz CT molecular complexity index is 1950. The summed E-state index contributed by atoms with van der Waals surface area (Å²) in [5.41, 5.74) is 0.504. The Morgan fingerprint density at radius 3 is 2.46 bits per heavy atom. The number of carbonyl (C=O) groups excluding carboxylic acids is 3. The van der Waals surface area contributed by atoms with Gasteiger partial charge in [-0.1, -0.05) is 42.5 Å². The molecule has 11 nitrogen and oxygen atoms in total. The van der Waals surface area contributed by atoms with E-state index in [1.54, 1.807) is 43.4 Å². The van der Waals surface area contributed by atoms with E-state index in [-0.39, 0.29) is 52.6 Å². The number of anilines is 2. The number of hydrogen-bond donors (Lipinski definition) is 1. The molecular weight excluding hydrogens is 620 g/mol. The van der Waals surface area contributed by atoms with E-state index >= 15 is 8.78 Å². The molecule has 13 heteroatoms. The molecule has 0 spiro atoms. The molecule has 0 saturated carbocycles. The summed E-state index contributed by atoms with van der Waals surface area (Å²) in [6, 6.07) is 18.3. The standard InChI is InChI=1S/C35H31F2N7O4/c1-41(2)31(45)21-42-16-15-28-29(20-42)43(26-12-10-25(11-13-26)35(36,37)24-7-5-4-6-8-24)34(47)32-27(19-39-44(28)32)40-33(46)22-9-14-30(48-3)23(17-22)18-38/h4-17,19,28-29H,20-21H2,1-3H3,(H,40,46)/t28-,29+/m1/s1. The number of likely N-dealkylation sites (N-methyl/N-ethyl adjacent to an activating group) is 1. The van der Waals surface area contributed by atoms with Crippen LogP contribution in [-0.4, -0.2) is 77.6 Å². The molecule has 0 fully saturated rings. The molecular formula is C35H31F2N7O4. The molecule has 2 aliphatic heterocycles. The first-order valence-corrected chi connectivity index (χ1v) is 15.0. The summed E-state index contributed by atoms with van der Waals surface area (Å²) < 4.78 is 37.5. The molecule has 2 aliphatic rings. The highest BCUT2D eigenvalue weighted by Crippen LogP contribution is 2.40. The number of rotatable bonds is 8. The van der Waals surface area contributed by atoms with Crippen LogP contribution in [0.5, 0.6) is 5.75 Å². The smallest absolute Gasteiger partial charge is 0.298 e. The van der Waals surface area contributed by atoms with Crippen LogP contribution in [-0.2, 0) is 10.7 Å². The summed E-state index contributed by atoms with van der Waals surface area (Å²) in [5, 5.41) is 16.7. The number of ether oxygens (including phenoxy) is 1. The van der Waals surface area contributed by atoms with Crippen molar-refractivity contribution in [2.45, 2.75) is 18.0 Å². The lowest BCUT2D eigenvalue weighted by molar-refractivity contribution is -0.129. The van der Waals surface area contributed by atoms with Crippen molar-refractivity contribution in [1.29, 1.82) is 5.26 Å². The first-order valence-electron chi connectivity index (χ1n) is 15.0. The number of nitrogens with zero attached hydrogens (tertiary/aromatic N) is 6. The van der Waals surface area contributed by atoms with E-state index in [0.717, 1.165) is 0 Å². The lowest BCUT2D eigenvalue weighted by Crippen LogP contribution is -2.57. The van der Waals surface area contributed by atoms with Gasteiger partial charge in [-0.25, -0.2) is 4.68 Å². The zero-order valence-electron chi connectivity index (χ0n) is 26.3. The number of nitrogens with one attached hydrogen (secondary N) is 1. The second-order valence-corrected chi connectivity index (χ2v) is 11.6. The predicted molar refractivity (Wildman–Crippen MR) is 173 cm³/mol. The van der Waals surface area contributed by atoms with Crippen LogP contribution in [0.4, 0.5) is 20.2 Å². The Hall–Kier alpha value is -6.03. The minimum absolute atomic E-state index is 0.0663. The summed E-state index contributed by atoms with van der Waals surface area (Å²) >= 11 is 0. The van der Waals surface area contributed by atoms with Crippen molar-refractivity contribution in [3.8, 4) is 11.8 Å². The minimum Gasteiger partial charge on any atom is -0.495 e. The zero-order chi connectivity index (χ0) is 34.2. The van der Waals surface area contributed by atoms with Gasteiger partial charge in [0.15, 0.2) is 5.69 Å². The van der Waals surface area contributed by atoms with Crippen molar-refractivity contribution in [3.05, 3.63) is 119 Å². The van der Waals surface area contributed by atoms with Crippen LogP contribution in [0.1, 0.15) is 43.6 Å². The molecule has 0 saturated heterocycles. The van der Waals surface area contributed by atoms with E-state index in [9.17, 15) is 19.6 Å². The second-order valence-electron chi connectivity index (χ2n) is 11.6. The maximum absolute atomic E-state index is 15.4. The van der Waals surface area contributed by atoms with Gasteiger partial charge < -0.3 is 19.9 Å². The second kappa shape index (κ2) is 12.6. The van der Waals surface area contributed by atoms with Crippen LogP contribution >= 0.6 is 0 Å². The van der Waals surface area contributed by atoms with E-state index < -0.39 is 29.8 Å². The predicted octanol–water partition coefficient (Wildman–Crippen LogP) is 4.64. The van der Waals surface area contributed by atoms with Crippen molar-refractivity contribution in [2.75, 3.05) is 44.5 Å². The first kappa shape index (κ1) is 31.9. The number of halogens is 2. The van der Waals surface area contributed by atoms with Gasteiger partial charge in [0.05, 0.1) is 43.2 Å². The van der Waals surface area contributed by atoms with E-state index in [1.165, 1.54) is 82.4 Å². The summed E-state index contributed by atoms with van der Waals surface area (Å²) in [7, 11) is 4.73. The lowest BCUT2D eigenvalue weighted by atomic mass is 9.96. The summed E-state index contributed by atoms with van der Waals surface area (Å²) in [6.07, 6.45) is 4.96. The van der Waals surface area contributed by atoms with Crippen molar-refractivity contribution in [3.63, 3.8) is 0 Å². The third-order valence-corrected chi connectivity index (χ3v) is 8.45. The van der Waals surface area contributed by atoms with Gasteiger partial charge in [0.1, 0.15) is 11.8 Å². The van der Waals surface area contributed by atoms with Crippen molar-refractivity contribution >= 4 is 29.1 Å². The Morgan fingerprint density at radius 2 is 1.79 bits per heavy atom. The lowest BCUT2D eigenvalue weighted by Gasteiger charge is -2.45. The number of aromatic nitrogens is 2. The molecule has 3 aromatic carbocycles. The Balaban J connectivity index is 1.37. The van der Waals surface area contributed by atoms with Crippen LogP contribution in [0.25, 0.3) is 0 Å². The number of fused-ring (bicyclic) bond motifs is 3. The first-order chi connectivity index (χ1) is 23.0. The van der Waals surface area contributed by atoms with Crippen LogP contribution in [0.2, 0.25) is 0 Å². The van der Waals surface area contributed by atoms with Gasteiger partial charge in [0, 0.05) is 43.0 Å². The molecule has 6 rings (SSSR count). The Labute approximate surface area is 275 Å². The molecule has 1 N–H and O–H groups in total. The van der Waals surface area contributed by atoms with Gasteiger partial charge in [-0.3, -0.25) is 19.3 Å². The molecule has 2 atom stereocenters. The van der Waals surface area contributed by atoms with Crippen LogP contribution in [0, 0.1) is 11.3 Å². The minimum atomic E-state index is -3.27. The highest BCUT2D eigenvalue weighted by Gasteiger charge is 2.45. The zero-order valence-corrected chi connectivity index (χ0v) is 26.3. The fraction of sp³-hybridized carbons (Fsp3) is 0.229. The molecule has 3 amide bonds. The summed E-state index contributed by atoms with van der Waals surface area (Å²) in [5.74, 6) is -4.19. The number of benzene rings is 3. The largest absolute Gasteiger partial charge is 0.495 e. The SMILES string of the molecule is COc1ccc(C(=O)Nc2cnn3c2C(=O)N(c2ccc(C(F)(F)c4ccccc4)cc2)[C@H]2CN(CC(=O)N(C)C)C=C[C@H]23)cc1C#N. The highest BCUT2D eigenvalue weighted by atomic mass is 19.3. The average molecular weight is 652 g/mol. The Morgan fingerprint density at radius 1 is 1.08 bits per heavy atom. The van der Waals surface area contributed by atoms with E-state index in [2.05, 4.69) is 10.4 Å². The molecule has 0 bridgehead atoms. The highest BCUT2D eigenvalue weighted by molar-refractivity contribution is 6.13. The fourth-order valence-corrected chi connectivity index (χ4v) is 5.90. The van der Waals surface area contributed by atoms with Crippen molar-refractivity contribution < 1.29 is 27.9 Å². The summed E-state index contributed by atoms with van der Waals surface area (Å²) in [4.78, 5) is 45.0. The molecule has 48 heavy (non-hydrogen) atoms. The van der Waals surface area contributed by atoms with Crippen molar-refractivity contribution in [2.24, 2.45) is 0 Å². The van der Waals surface area contributed by atoms with Gasteiger partial charge in [0.25, 0.3) is 17.7 Å². The maximum atomic E-state index is 15.4. The summed E-state index contributed by atoms with van der Waals surface area (Å²) in [6.45, 7) is 0.314. The third kappa shape index (κ3) is 5.72. The molecule has 3 heterocycles. The monoisotopic (exact) mass is 651 g/mol. The molecule has 0 radical (unpaired) electrons. The van der Waals surface area contributed by atoms with Crippen LogP contribution in [0.15, 0.2) is 91.3 Å². The maximum Gasteiger partial charge on any atom is 0.298 e. The number of carbonyl (C=O) groups is 3. The molecule has 1 aromatic heterocycles. The number of methoxy groups -OCH3 is 1. The van der Waals surface area contributed by atoms with Gasteiger partial charge in [-0.2, -0.15) is 19.1 Å². The van der Waals surface area contributed by atoms with Gasteiger partial charge >= 0.3 is 0 Å². The number of alkyl halides is 2. The molecule has 0 aliphatic carbocycles. The van der Waals surface area contributed by atoms with Gasteiger partial charge in [0.2, 0.25) is 5.91 Å². The van der Waals surface area contributed by atoms with Crippen LogP contribution < -0.4 is 15.0 Å². The third-order valence-electron chi connectivity index (χ3n) is 8.45. The normalized spacial score (nSPS) is 16.9. The Kier molecular flexibility index (Phi) is 8.41. The van der Waals surface area contributed by atoms with Gasteiger partial charge in [-0.05, 0) is 42.6 Å². The van der Waals surface area contributed by atoms with Gasteiger partial charge in [-0.15, -0.1) is 0 Å². The van der Waals surface area contributed by atoms with Crippen molar-refractivity contribution in [1.82, 2.24) is 19.6 Å². The number of amides is 3. The van der Waals surface area contributed by atoms with Crippen LogP contribution in [0.3, 0.4) is 0 Å². The number of hydrogen-bond acceptors (Lipinski definition) is 7. The fourth-order valence-electron chi connectivity index (χ4n) is 5.90. The molecule has 4 aromatic rings.